The van der Waals surface area contributed by atoms with Crippen LogP contribution in [-0.2, 0) is 17.8 Å². The smallest absolute Gasteiger partial charge is 0.224 e. The molecule has 1 fully saturated rings. The number of nitrogens with zero attached hydrogens (tertiary/aromatic N) is 5. The monoisotopic (exact) mass is 570 g/mol. The van der Waals surface area contributed by atoms with E-state index in [2.05, 4.69) is 74.7 Å². The molecule has 0 radical (unpaired) electrons. The molecule has 7 heteroatoms. The second-order valence-corrected chi connectivity index (χ2v) is 11.2. The predicted molar refractivity (Wildman–Crippen MR) is 174 cm³/mol. The van der Waals surface area contributed by atoms with Crippen LogP contribution in [0.25, 0.3) is 22.2 Å². The molecular formula is C36H38N6O. The summed E-state index contributed by atoms with van der Waals surface area (Å²) in [5, 5.41) is 3.05. The maximum Gasteiger partial charge on any atom is 0.224 e. The van der Waals surface area contributed by atoms with Crippen molar-refractivity contribution in [2.45, 2.75) is 38.6 Å². The van der Waals surface area contributed by atoms with Crippen molar-refractivity contribution in [2.75, 3.05) is 36.4 Å². The quantitative estimate of drug-likeness (QED) is 0.177. The van der Waals surface area contributed by atoms with Gasteiger partial charge in [-0.3, -0.25) is 19.7 Å². The van der Waals surface area contributed by atoms with E-state index in [1.807, 2.05) is 48.9 Å². The lowest BCUT2D eigenvalue weighted by Gasteiger charge is -2.35. The first kappa shape index (κ1) is 28.5. The predicted octanol–water partition coefficient (Wildman–Crippen LogP) is 6.76. The van der Waals surface area contributed by atoms with Gasteiger partial charge < -0.3 is 10.2 Å². The van der Waals surface area contributed by atoms with E-state index in [4.69, 9.17) is 9.97 Å². The topological polar surface area (TPSA) is 74.2 Å². The summed E-state index contributed by atoms with van der Waals surface area (Å²) in [5.41, 5.74) is 7.36. The third-order valence-electron chi connectivity index (χ3n) is 8.07. The van der Waals surface area contributed by atoms with Crippen molar-refractivity contribution >= 4 is 28.4 Å². The van der Waals surface area contributed by atoms with Gasteiger partial charge in [-0.1, -0.05) is 61.0 Å². The van der Waals surface area contributed by atoms with Crippen LogP contribution in [0.2, 0.25) is 0 Å². The van der Waals surface area contributed by atoms with Gasteiger partial charge in [-0.2, -0.15) is 0 Å². The van der Waals surface area contributed by atoms with Crippen LogP contribution in [-0.4, -0.2) is 51.9 Å². The zero-order chi connectivity index (χ0) is 29.3. The Balaban J connectivity index is 1.01. The number of carbonyl (C=O) groups is 1. The molecule has 0 atom stereocenters. The summed E-state index contributed by atoms with van der Waals surface area (Å²) < 4.78 is 0. The van der Waals surface area contributed by atoms with Gasteiger partial charge in [-0.05, 0) is 71.8 Å². The molecule has 218 valence electrons. The minimum atomic E-state index is 0.0684. The molecule has 1 aliphatic rings. The molecule has 1 saturated heterocycles. The van der Waals surface area contributed by atoms with Gasteiger partial charge in [0.25, 0.3) is 0 Å². The van der Waals surface area contributed by atoms with Gasteiger partial charge in [-0.15, -0.1) is 0 Å². The summed E-state index contributed by atoms with van der Waals surface area (Å²) in [6, 6.07) is 28.9. The van der Waals surface area contributed by atoms with E-state index < -0.39 is 0 Å². The number of rotatable bonds is 11. The van der Waals surface area contributed by atoms with Crippen LogP contribution in [0.4, 0.5) is 11.5 Å². The average Bonchev–Trinajstić information content (AvgIpc) is 3.06. The first-order chi connectivity index (χ1) is 21.2. The fraction of sp³-hybridized carbons (Fsp3) is 0.278. The number of hydrogen-bond acceptors (Lipinski definition) is 6. The van der Waals surface area contributed by atoms with Crippen molar-refractivity contribution in [1.82, 2.24) is 19.9 Å². The van der Waals surface area contributed by atoms with E-state index >= 15 is 0 Å². The molecule has 3 aromatic carbocycles. The maximum absolute atomic E-state index is 12.5. The zero-order valence-electron chi connectivity index (χ0n) is 24.5. The SMILES string of the molecule is O=C(CCCCCc1ccccc1)Nc1ccc(-c2ccc3ncc(N4CCN(Cc5cccnc5)CC4)nc3c2)cc1. The molecule has 2 aromatic heterocycles. The van der Waals surface area contributed by atoms with E-state index in [9.17, 15) is 4.79 Å². The molecule has 0 unspecified atom stereocenters. The Bertz CT molecular complexity index is 1620. The third kappa shape index (κ3) is 7.81. The standard InChI is InChI=1S/C36H38N6O/c43-36(12-6-2-5-10-28-8-3-1-4-9-28)39-32-16-13-30(14-17-32)31-15-18-33-34(24-31)40-35(26-38-33)42-22-20-41(21-23-42)27-29-11-7-19-37-25-29/h1,3-4,7-9,11,13-19,24-26H,2,5-6,10,12,20-23,27H2,(H,39,43). The number of piperazine rings is 1. The number of hydrogen-bond donors (Lipinski definition) is 1. The normalized spacial score (nSPS) is 13.7. The number of amides is 1. The molecule has 7 nitrogen and oxygen atoms in total. The molecule has 0 spiro atoms. The zero-order valence-corrected chi connectivity index (χ0v) is 24.5. The molecule has 6 rings (SSSR count). The Morgan fingerprint density at radius 2 is 1.53 bits per heavy atom. The number of pyridine rings is 1. The van der Waals surface area contributed by atoms with Crippen molar-refractivity contribution < 1.29 is 4.79 Å². The highest BCUT2D eigenvalue weighted by molar-refractivity contribution is 5.91. The highest BCUT2D eigenvalue weighted by atomic mass is 16.1. The second kappa shape index (κ2) is 14.0. The van der Waals surface area contributed by atoms with Crippen LogP contribution in [0.1, 0.15) is 36.8 Å². The lowest BCUT2D eigenvalue weighted by Crippen LogP contribution is -2.46. The highest BCUT2D eigenvalue weighted by Gasteiger charge is 2.19. The summed E-state index contributed by atoms with van der Waals surface area (Å²) in [4.78, 5) is 31.2. The molecule has 1 amide bonds. The number of anilines is 2. The number of benzene rings is 3. The number of aromatic nitrogens is 3. The van der Waals surface area contributed by atoms with Crippen LogP contribution < -0.4 is 10.2 Å². The molecule has 3 heterocycles. The van der Waals surface area contributed by atoms with Crippen molar-refractivity contribution in [3.8, 4) is 11.1 Å². The summed E-state index contributed by atoms with van der Waals surface area (Å²) in [6.45, 7) is 4.71. The first-order valence-corrected chi connectivity index (χ1v) is 15.3. The van der Waals surface area contributed by atoms with Gasteiger partial charge in [0, 0.05) is 57.2 Å². The number of carbonyl (C=O) groups excluding carboxylic acids is 1. The molecule has 0 aliphatic carbocycles. The van der Waals surface area contributed by atoms with Gasteiger partial charge in [0.15, 0.2) is 0 Å². The summed E-state index contributed by atoms with van der Waals surface area (Å²) in [6.07, 6.45) is 10.3. The minimum Gasteiger partial charge on any atom is -0.353 e. The fourth-order valence-corrected chi connectivity index (χ4v) is 5.62. The first-order valence-electron chi connectivity index (χ1n) is 15.3. The Hall–Kier alpha value is -4.62. The highest BCUT2D eigenvalue weighted by Crippen LogP contribution is 2.26. The summed E-state index contributed by atoms with van der Waals surface area (Å²) in [7, 11) is 0. The maximum atomic E-state index is 12.5. The van der Waals surface area contributed by atoms with E-state index in [-0.39, 0.29) is 5.91 Å². The van der Waals surface area contributed by atoms with Crippen molar-refractivity contribution in [1.29, 1.82) is 0 Å². The third-order valence-corrected chi connectivity index (χ3v) is 8.07. The molecule has 0 saturated carbocycles. The molecule has 0 bridgehead atoms. The Morgan fingerprint density at radius 3 is 2.33 bits per heavy atom. The molecule has 5 aromatic rings. The molecule has 1 N–H and O–H groups in total. The van der Waals surface area contributed by atoms with Gasteiger partial charge in [0.1, 0.15) is 5.82 Å². The summed E-state index contributed by atoms with van der Waals surface area (Å²) in [5.74, 6) is 0.989. The van der Waals surface area contributed by atoms with Gasteiger partial charge in [0.2, 0.25) is 5.91 Å². The van der Waals surface area contributed by atoms with Crippen LogP contribution >= 0.6 is 0 Å². The minimum absolute atomic E-state index is 0.0684. The number of unbranched alkanes of at least 4 members (excludes halogenated alkanes) is 2. The Morgan fingerprint density at radius 1 is 0.744 bits per heavy atom. The average molecular weight is 571 g/mol. The van der Waals surface area contributed by atoms with Crippen LogP contribution in [0.15, 0.2) is 104 Å². The van der Waals surface area contributed by atoms with Crippen LogP contribution in [0.5, 0.6) is 0 Å². The Labute approximate surface area is 253 Å². The number of nitrogens with one attached hydrogen (secondary N) is 1. The van der Waals surface area contributed by atoms with Crippen LogP contribution in [0.3, 0.4) is 0 Å². The van der Waals surface area contributed by atoms with E-state index in [1.165, 1.54) is 11.1 Å². The summed E-state index contributed by atoms with van der Waals surface area (Å²) >= 11 is 0. The van der Waals surface area contributed by atoms with Gasteiger partial charge in [0.05, 0.1) is 17.2 Å². The molecular weight excluding hydrogens is 532 g/mol. The second-order valence-electron chi connectivity index (χ2n) is 11.2. The fourth-order valence-electron chi connectivity index (χ4n) is 5.62. The lowest BCUT2D eigenvalue weighted by molar-refractivity contribution is -0.116. The lowest BCUT2D eigenvalue weighted by atomic mass is 10.0. The molecule has 1 aliphatic heterocycles. The van der Waals surface area contributed by atoms with E-state index in [1.54, 1.807) is 0 Å². The Kier molecular flexibility index (Phi) is 9.30. The van der Waals surface area contributed by atoms with E-state index in [0.717, 1.165) is 92.1 Å². The van der Waals surface area contributed by atoms with Crippen molar-refractivity contribution in [3.63, 3.8) is 0 Å². The number of fused-ring (bicyclic) bond motifs is 1. The van der Waals surface area contributed by atoms with Crippen LogP contribution in [0, 0.1) is 0 Å². The van der Waals surface area contributed by atoms with Crippen molar-refractivity contribution in [3.05, 3.63) is 115 Å². The van der Waals surface area contributed by atoms with E-state index in [0.29, 0.717) is 6.42 Å². The number of aryl methyl sites for hydroxylation is 1. The largest absolute Gasteiger partial charge is 0.353 e. The van der Waals surface area contributed by atoms with Crippen molar-refractivity contribution in [2.24, 2.45) is 0 Å². The van der Waals surface area contributed by atoms with Gasteiger partial charge >= 0.3 is 0 Å². The van der Waals surface area contributed by atoms with Gasteiger partial charge in [-0.25, -0.2) is 4.98 Å². The molecule has 43 heavy (non-hydrogen) atoms.